The number of thiophene rings is 1. The summed E-state index contributed by atoms with van der Waals surface area (Å²) in [5.41, 5.74) is 1.24. The predicted molar refractivity (Wildman–Crippen MR) is 125 cm³/mol. The lowest BCUT2D eigenvalue weighted by molar-refractivity contribution is 0.310. The summed E-state index contributed by atoms with van der Waals surface area (Å²) in [6.45, 7) is 5.61. The van der Waals surface area contributed by atoms with E-state index in [-0.39, 0.29) is 30.0 Å². The van der Waals surface area contributed by atoms with Crippen LogP contribution in [0.5, 0.6) is 11.5 Å². The van der Waals surface area contributed by atoms with Crippen LogP contribution in [0.15, 0.2) is 40.7 Å². The Morgan fingerprint density at radius 1 is 1.26 bits per heavy atom. The van der Waals surface area contributed by atoms with Gasteiger partial charge in [-0.3, -0.25) is 4.99 Å². The summed E-state index contributed by atoms with van der Waals surface area (Å²) in [5, 5.41) is 8.90. The van der Waals surface area contributed by atoms with E-state index < -0.39 is 0 Å². The highest BCUT2D eigenvalue weighted by Gasteiger charge is 2.08. The number of hydrogen-bond acceptors (Lipinski definition) is 4. The molecule has 0 fully saturated rings. The van der Waals surface area contributed by atoms with Crippen LogP contribution in [0.25, 0.3) is 0 Å². The third-order valence-electron chi connectivity index (χ3n) is 4.01. The summed E-state index contributed by atoms with van der Waals surface area (Å²) in [7, 11) is 3.46. The van der Waals surface area contributed by atoms with Crippen LogP contribution < -0.4 is 20.1 Å². The first-order chi connectivity index (χ1) is 12.7. The maximum Gasteiger partial charge on any atom is 0.191 e. The van der Waals surface area contributed by atoms with Crippen molar-refractivity contribution in [1.82, 2.24) is 10.6 Å². The first kappa shape index (κ1) is 23.6. The molecule has 1 aromatic carbocycles. The maximum absolute atomic E-state index is 5.64. The molecule has 150 valence electrons. The van der Waals surface area contributed by atoms with Crippen LogP contribution in [0, 0.1) is 0 Å². The Morgan fingerprint density at radius 2 is 2.07 bits per heavy atom. The zero-order valence-electron chi connectivity index (χ0n) is 16.5. The summed E-state index contributed by atoms with van der Waals surface area (Å²) in [6, 6.07) is 10.6. The van der Waals surface area contributed by atoms with E-state index in [4.69, 9.17) is 9.47 Å². The second kappa shape index (κ2) is 12.8. The normalized spacial score (nSPS) is 12.1. The summed E-state index contributed by atoms with van der Waals surface area (Å²) in [6.07, 6.45) is 1.97. The Kier molecular flexibility index (Phi) is 11.2. The van der Waals surface area contributed by atoms with Crippen molar-refractivity contribution in [3.05, 3.63) is 46.2 Å². The zero-order chi connectivity index (χ0) is 18.8. The smallest absolute Gasteiger partial charge is 0.191 e. The lowest BCUT2D eigenvalue weighted by Crippen LogP contribution is -2.39. The number of ether oxygens (including phenoxy) is 2. The Bertz CT molecular complexity index is 693. The van der Waals surface area contributed by atoms with Crippen molar-refractivity contribution in [3.63, 3.8) is 0 Å². The molecular weight excluding hydrogens is 473 g/mol. The van der Waals surface area contributed by atoms with Gasteiger partial charge < -0.3 is 20.1 Å². The molecule has 0 aliphatic heterocycles. The number of benzene rings is 1. The van der Waals surface area contributed by atoms with Gasteiger partial charge in [-0.2, -0.15) is 0 Å². The third-order valence-corrected chi connectivity index (χ3v) is 5.06. The second-order valence-electron chi connectivity index (χ2n) is 5.90. The SMILES string of the molecule is CCOc1cc(CCCNC(=NC)NC(C)c2cccs2)ccc1OC.I. The van der Waals surface area contributed by atoms with E-state index in [0.717, 1.165) is 36.8 Å². The maximum atomic E-state index is 5.64. The first-order valence-electron chi connectivity index (χ1n) is 8.98. The minimum Gasteiger partial charge on any atom is -0.493 e. The quantitative estimate of drug-likeness (QED) is 0.227. The summed E-state index contributed by atoms with van der Waals surface area (Å²) in [4.78, 5) is 5.61. The van der Waals surface area contributed by atoms with E-state index >= 15 is 0 Å². The molecular formula is C20H30IN3O2S. The summed E-state index contributed by atoms with van der Waals surface area (Å²) >= 11 is 1.75. The van der Waals surface area contributed by atoms with Gasteiger partial charge in [-0.1, -0.05) is 12.1 Å². The molecule has 0 aliphatic carbocycles. The van der Waals surface area contributed by atoms with E-state index in [2.05, 4.69) is 52.2 Å². The van der Waals surface area contributed by atoms with E-state index in [1.54, 1.807) is 25.5 Å². The minimum atomic E-state index is 0. The number of hydrogen-bond donors (Lipinski definition) is 2. The van der Waals surface area contributed by atoms with Crippen molar-refractivity contribution in [3.8, 4) is 11.5 Å². The minimum absolute atomic E-state index is 0. The van der Waals surface area contributed by atoms with Crippen LogP contribution in [-0.2, 0) is 6.42 Å². The molecule has 1 aromatic heterocycles. The van der Waals surface area contributed by atoms with Gasteiger partial charge in [0.1, 0.15) is 0 Å². The van der Waals surface area contributed by atoms with Crippen LogP contribution in [0.4, 0.5) is 0 Å². The van der Waals surface area contributed by atoms with Gasteiger partial charge in [0.2, 0.25) is 0 Å². The highest BCUT2D eigenvalue weighted by molar-refractivity contribution is 14.0. The van der Waals surface area contributed by atoms with Crippen molar-refractivity contribution in [2.75, 3.05) is 27.3 Å². The zero-order valence-corrected chi connectivity index (χ0v) is 19.6. The highest BCUT2D eigenvalue weighted by Crippen LogP contribution is 2.28. The highest BCUT2D eigenvalue weighted by atomic mass is 127. The Balaban J connectivity index is 0.00000364. The van der Waals surface area contributed by atoms with Crippen molar-refractivity contribution >= 4 is 41.3 Å². The third kappa shape index (κ3) is 7.57. The molecule has 0 radical (unpaired) electrons. The van der Waals surface area contributed by atoms with Gasteiger partial charge in [0.25, 0.3) is 0 Å². The molecule has 1 heterocycles. The number of aryl methyl sites for hydroxylation is 1. The molecule has 0 saturated carbocycles. The number of aliphatic imine (C=N–C) groups is 1. The summed E-state index contributed by atoms with van der Waals surface area (Å²) in [5.74, 6) is 2.42. The topological polar surface area (TPSA) is 54.9 Å². The summed E-state index contributed by atoms with van der Waals surface area (Å²) < 4.78 is 11.0. The molecule has 1 atom stereocenters. The van der Waals surface area contributed by atoms with Crippen LogP contribution in [0.1, 0.15) is 36.8 Å². The van der Waals surface area contributed by atoms with E-state index in [1.807, 2.05) is 13.0 Å². The number of methoxy groups -OCH3 is 1. The van der Waals surface area contributed by atoms with Crippen LogP contribution in [0.2, 0.25) is 0 Å². The molecule has 0 spiro atoms. The predicted octanol–water partition coefficient (Wildman–Crippen LogP) is 4.63. The molecule has 0 aliphatic rings. The van der Waals surface area contributed by atoms with Crippen LogP contribution >= 0.6 is 35.3 Å². The average molecular weight is 503 g/mol. The molecule has 1 unspecified atom stereocenters. The molecule has 0 bridgehead atoms. The Morgan fingerprint density at radius 3 is 2.70 bits per heavy atom. The lowest BCUT2D eigenvalue weighted by Gasteiger charge is -2.17. The van der Waals surface area contributed by atoms with Gasteiger partial charge in [-0.15, -0.1) is 35.3 Å². The van der Waals surface area contributed by atoms with Gasteiger partial charge in [0.05, 0.1) is 19.8 Å². The second-order valence-corrected chi connectivity index (χ2v) is 6.88. The Labute approximate surface area is 183 Å². The van der Waals surface area contributed by atoms with Gasteiger partial charge >= 0.3 is 0 Å². The number of guanidine groups is 1. The van der Waals surface area contributed by atoms with Gasteiger partial charge in [0, 0.05) is 18.5 Å². The molecule has 0 amide bonds. The number of nitrogens with zero attached hydrogens (tertiary/aromatic N) is 1. The van der Waals surface area contributed by atoms with Crippen molar-refractivity contribution in [2.45, 2.75) is 32.7 Å². The molecule has 7 heteroatoms. The van der Waals surface area contributed by atoms with Crippen molar-refractivity contribution in [1.29, 1.82) is 0 Å². The molecule has 27 heavy (non-hydrogen) atoms. The number of nitrogens with one attached hydrogen (secondary N) is 2. The van der Waals surface area contributed by atoms with E-state index in [0.29, 0.717) is 6.61 Å². The van der Waals surface area contributed by atoms with Crippen LogP contribution in [-0.4, -0.2) is 33.3 Å². The van der Waals surface area contributed by atoms with Crippen molar-refractivity contribution < 1.29 is 9.47 Å². The van der Waals surface area contributed by atoms with Gasteiger partial charge in [0.15, 0.2) is 17.5 Å². The van der Waals surface area contributed by atoms with E-state index in [1.165, 1.54) is 10.4 Å². The monoisotopic (exact) mass is 503 g/mol. The molecule has 2 N–H and O–H groups in total. The fourth-order valence-electron chi connectivity index (χ4n) is 2.65. The first-order valence-corrected chi connectivity index (χ1v) is 9.86. The molecule has 5 nitrogen and oxygen atoms in total. The van der Waals surface area contributed by atoms with Gasteiger partial charge in [-0.25, -0.2) is 0 Å². The lowest BCUT2D eigenvalue weighted by atomic mass is 10.1. The fraction of sp³-hybridized carbons (Fsp3) is 0.450. The fourth-order valence-corrected chi connectivity index (χ4v) is 3.39. The molecule has 2 rings (SSSR count). The number of halogens is 1. The largest absolute Gasteiger partial charge is 0.493 e. The van der Waals surface area contributed by atoms with Crippen molar-refractivity contribution in [2.24, 2.45) is 4.99 Å². The van der Waals surface area contributed by atoms with Crippen LogP contribution in [0.3, 0.4) is 0 Å². The van der Waals surface area contributed by atoms with E-state index in [9.17, 15) is 0 Å². The standard InChI is InChI=1S/C20H29N3O2S.HI/c1-5-25-18-14-16(10-11-17(18)24-4)8-6-12-22-20(21-3)23-15(2)19-9-7-13-26-19;/h7,9-11,13-15H,5-6,8,12H2,1-4H3,(H2,21,22,23);1H. The Hall–Kier alpha value is -1.48. The average Bonchev–Trinajstić information content (AvgIpc) is 3.19. The molecule has 0 saturated heterocycles. The molecule has 2 aromatic rings. The number of rotatable bonds is 9. The van der Waals surface area contributed by atoms with Gasteiger partial charge in [-0.05, 0) is 55.8 Å².